The van der Waals surface area contributed by atoms with Crippen molar-refractivity contribution in [2.45, 2.75) is 0 Å². The van der Waals surface area contributed by atoms with Crippen molar-refractivity contribution in [1.29, 1.82) is 0 Å². The summed E-state index contributed by atoms with van der Waals surface area (Å²) in [4.78, 5) is 24.7. The Bertz CT molecular complexity index is 1050. The van der Waals surface area contributed by atoms with Gasteiger partial charge in [0.05, 0.1) is 23.9 Å². The molecule has 0 spiro atoms. The van der Waals surface area contributed by atoms with Crippen LogP contribution in [0.3, 0.4) is 0 Å². The summed E-state index contributed by atoms with van der Waals surface area (Å²) in [6.07, 6.45) is 1.53. The fraction of sp³-hybridized carbons (Fsp3) is 0.0455. The van der Waals surface area contributed by atoms with E-state index < -0.39 is 5.91 Å². The van der Waals surface area contributed by atoms with Crippen molar-refractivity contribution in [3.8, 4) is 5.75 Å². The van der Waals surface area contributed by atoms with Gasteiger partial charge in [0.15, 0.2) is 0 Å². The molecule has 2 N–H and O–H groups in total. The van der Waals surface area contributed by atoms with E-state index in [0.717, 1.165) is 11.3 Å². The van der Waals surface area contributed by atoms with Gasteiger partial charge in [0.25, 0.3) is 11.8 Å². The van der Waals surface area contributed by atoms with E-state index in [9.17, 15) is 9.59 Å². The Balaban J connectivity index is 1.63. The van der Waals surface area contributed by atoms with Crippen molar-refractivity contribution in [3.05, 3.63) is 94.5 Å². The number of nitrogens with zero attached hydrogens (tertiary/aromatic N) is 1. The van der Waals surface area contributed by atoms with E-state index in [2.05, 4.69) is 15.8 Å². The maximum absolute atomic E-state index is 12.4. The van der Waals surface area contributed by atoms with Crippen molar-refractivity contribution in [3.63, 3.8) is 0 Å². The second-order valence-corrected chi connectivity index (χ2v) is 6.39. The zero-order valence-corrected chi connectivity index (χ0v) is 16.3. The molecule has 6 nitrogen and oxygen atoms in total. The third kappa shape index (κ3) is 5.43. The number of carbonyl (C=O) groups is 2. The fourth-order valence-corrected chi connectivity index (χ4v) is 2.72. The Morgan fingerprint density at radius 3 is 2.45 bits per heavy atom. The highest BCUT2D eigenvalue weighted by atomic mass is 35.5. The molecule has 0 radical (unpaired) electrons. The zero-order valence-electron chi connectivity index (χ0n) is 15.6. The Morgan fingerprint density at radius 1 is 0.966 bits per heavy atom. The number of anilines is 1. The molecule has 0 heterocycles. The van der Waals surface area contributed by atoms with Crippen molar-refractivity contribution in [2.24, 2.45) is 5.10 Å². The van der Waals surface area contributed by atoms with Crippen molar-refractivity contribution >= 4 is 35.3 Å². The van der Waals surface area contributed by atoms with Crippen molar-refractivity contribution in [2.75, 3.05) is 12.4 Å². The highest BCUT2D eigenvalue weighted by molar-refractivity contribution is 6.34. The van der Waals surface area contributed by atoms with Crippen LogP contribution in [-0.4, -0.2) is 25.1 Å². The molecule has 0 aromatic heterocycles. The van der Waals surface area contributed by atoms with Gasteiger partial charge >= 0.3 is 0 Å². The molecule has 0 saturated carbocycles. The number of carbonyl (C=O) groups excluding carboxylic acids is 2. The van der Waals surface area contributed by atoms with Crippen LogP contribution >= 0.6 is 11.6 Å². The van der Waals surface area contributed by atoms with Gasteiger partial charge in [0.1, 0.15) is 5.75 Å². The summed E-state index contributed by atoms with van der Waals surface area (Å²) in [5, 5.41) is 7.04. The molecule has 3 aromatic rings. The smallest absolute Gasteiger partial charge is 0.271 e. The van der Waals surface area contributed by atoms with E-state index in [1.165, 1.54) is 6.21 Å². The molecule has 3 aromatic carbocycles. The molecule has 0 aliphatic rings. The van der Waals surface area contributed by atoms with Crippen LogP contribution < -0.4 is 15.5 Å². The minimum atomic E-state index is -0.399. The van der Waals surface area contributed by atoms with Crippen LogP contribution in [0.2, 0.25) is 5.02 Å². The van der Waals surface area contributed by atoms with E-state index in [0.29, 0.717) is 21.8 Å². The molecular weight excluding hydrogens is 390 g/mol. The summed E-state index contributed by atoms with van der Waals surface area (Å²) in [7, 11) is 1.59. The van der Waals surface area contributed by atoms with Gasteiger partial charge in [-0.05, 0) is 60.2 Å². The Hall–Kier alpha value is -3.64. The van der Waals surface area contributed by atoms with E-state index in [1.54, 1.807) is 67.8 Å². The summed E-state index contributed by atoms with van der Waals surface area (Å²) in [5.41, 5.74) is 4.46. The van der Waals surface area contributed by atoms with Gasteiger partial charge in [-0.1, -0.05) is 29.8 Å². The summed E-state index contributed by atoms with van der Waals surface area (Å²) >= 11 is 6.04. The van der Waals surface area contributed by atoms with Gasteiger partial charge in [-0.15, -0.1) is 0 Å². The first-order valence-corrected chi connectivity index (χ1v) is 9.08. The minimum Gasteiger partial charge on any atom is -0.497 e. The maximum atomic E-state index is 12.4. The topological polar surface area (TPSA) is 79.8 Å². The first-order chi connectivity index (χ1) is 14.1. The van der Waals surface area contributed by atoms with Crippen LogP contribution in [0.15, 0.2) is 77.9 Å². The lowest BCUT2D eigenvalue weighted by Gasteiger charge is -2.08. The third-order valence-corrected chi connectivity index (χ3v) is 4.33. The SMILES string of the molecule is COc1ccc(/C=N\NC(=O)c2cccc(NC(=O)c3ccccc3Cl)c2)cc1. The molecule has 0 saturated heterocycles. The molecule has 0 atom stereocenters. The number of hydrogen-bond donors (Lipinski definition) is 2. The lowest BCUT2D eigenvalue weighted by Crippen LogP contribution is -2.18. The fourth-order valence-electron chi connectivity index (χ4n) is 2.50. The molecule has 2 amide bonds. The first kappa shape index (κ1) is 20.1. The van der Waals surface area contributed by atoms with Crippen LogP contribution in [0.5, 0.6) is 5.75 Å². The van der Waals surface area contributed by atoms with E-state index in [1.807, 2.05) is 12.1 Å². The highest BCUT2D eigenvalue weighted by Gasteiger charge is 2.11. The Labute approximate surface area is 173 Å². The van der Waals surface area contributed by atoms with Crippen LogP contribution in [0, 0.1) is 0 Å². The standard InChI is InChI=1S/C22H18ClN3O3/c1-29-18-11-9-15(10-12-18)14-24-26-21(27)16-5-4-6-17(13-16)25-22(28)19-7-2-3-8-20(19)23/h2-14H,1H3,(H,25,28)(H,26,27)/b24-14-. The second-order valence-electron chi connectivity index (χ2n) is 5.99. The highest BCUT2D eigenvalue weighted by Crippen LogP contribution is 2.18. The van der Waals surface area contributed by atoms with Gasteiger partial charge in [-0.2, -0.15) is 5.10 Å². The second kappa shape index (κ2) is 9.52. The largest absolute Gasteiger partial charge is 0.497 e. The average molecular weight is 408 g/mol. The van der Waals surface area contributed by atoms with Crippen LogP contribution in [0.4, 0.5) is 5.69 Å². The summed E-state index contributed by atoms with van der Waals surface area (Å²) in [6, 6.07) is 20.5. The molecule has 0 aliphatic heterocycles. The summed E-state index contributed by atoms with van der Waals surface area (Å²) < 4.78 is 5.09. The molecule has 0 fully saturated rings. The predicted octanol–water partition coefficient (Wildman–Crippen LogP) is 4.36. The monoisotopic (exact) mass is 407 g/mol. The number of hydrogen-bond acceptors (Lipinski definition) is 4. The summed E-state index contributed by atoms with van der Waals surface area (Å²) in [6.45, 7) is 0. The lowest BCUT2D eigenvalue weighted by atomic mass is 10.1. The van der Waals surface area contributed by atoms with Gasteiger partial charge in [-0.25, -0.2) is 5.43 Å². The number of benzene rings is 3. The van der Waals surface area contributed by atoms with Gasteiger partial charge in [0, 0.05) is 11.3 Å². The number of ether oxygens (including phenoxy) is 1. The molecule has 0 aliphatic carbocycles. The van der Waals surface area contributed by atoms with Crippen LogP contribution in [0.1, 0.15) is 26.3 Å². The molecule has 29 heavy (non-hydrogen) atoms. The molecule has 0 unspecified atom stereocenters. The van der Waals surface area contributed by atoms with Crippen LogP contribution in [-0.2, 0) is 0 Å². The van der Waals surface area contributed by atoms with E-state index >= 15 is 0 Å². The first-order valence-electron chi connectivity index (χ1n) is 8.70. The van der Waals surface area contributed by atoms with Gasteiger partial charge in [0.2, 0.25) is 0 Å². The number of hydrazone groups is 1. The molecule has 7 heteroatoms. The van der Waals surface area contributed by atoms with Gasteiger partial charge < -0.3 is 10.1 Å². The van der Waals surface area contributed by atoms with Crippen LogP contribution in [0.25, 0.3) is 0 Å². The average Bonchev–Trinajstić information content (AvgIpc) is 2.74. The number of methoxy groups -OCH3 is 1. The van der Waals surface area contributed by atoms with E-state index in [4.69, 9.17) is 16.3 Å². The quantitative estimate of drug-likeness (QED) is 0.470. The van der Waals surface area contributed by atoms with E-state index in [-0.39, 0.29) is 5.91 Å². The lowest BCUT2D eigenvalue weighted by molar-refractivity contribution is 0.0953. The van der Waals surface area contributed by atoms with Crippen molar-refractivity contribution in [1.82, 2.24) is 5.43 Å². The molecule has 0 bridgehead atoms. The predicted molar refractivity (Wildman–Crippen MR) is 114 cm³/mol. The zero-order chi connectivity index (χ0) is 20.6. The number of rotatable bonds is 6. The number of halogens is 1. The minimum absolute atomic E-state index is 0.353. The van der Waals surface area contributed by atoms with Crippen molar-refractivity contribution < 1.29 is 14.3 Å². The molecular formula is C22H18ClN3O3. The molecule has 146 valence electrons. The normalized spacial score (nSPS) is 10.6. The number of nitrogens with one attached hydrogen (secondary N) is 2. The summed E-state index contributed by atoms with van der Waals surface area (Å²) in [5.74, 6) is -0.0175. The Kier molecular flexibility index (Phi) is 6.60. The van der Waals surface area contributed by atoms with Gasteiger partial charge in [-0.3, -0.25) is 9.59 Å². The number of amides is 2. The Morgan fingerprint density at radius 2 is 1.72 bits per heavy atom. The molecule has 3 rings (SSSR count). The maximum Gasteiger partial charge on any atom is 0.271 e. The third-order valence-electron chi connectivity index (χ3n) is 4.00.